The van der Waals surface area contributed by atoms with E-state index >= 15 is 0 Å². The molecule has 1 aliphatic rings. The zero-order valence-corrected chi connectivity index (χ0v) is 14.8. The molecule has 0 spiro atoms. The topological polar surface area (TPSA) is 100 Å². The van der Waals surface area contributed by atoms with Crippen molar-refractivity contribution in [3.63, 3.8) is 0 Å². The minimum atomic E-state index is -0.454. The van der Waals surface area contributed by atoms with Crippen molar-refractivity contribution in [3.05, 3.63) is 35.7 Å². The lowest BCUT2D eigenvalue weighted by Gasteiger charge is -2.15. The van der Waals surface area contributed by atoms with Crippen LogP contribution < -0.4 is 10.1 Å². The molecule has 1 aromatic heterocycles. The number of imide groups is 1. The monoisotopic (exact) mass is 361 g/mol. The van der Waals surface area contributed by atoms with Crippen LogP contribution in [0.4, 0.5) is 4.79 Å². The summed E-state index contributed by atoms with van der Waals surface area (Å²) in [7, 11) is 0. The Bertz CT molecular complexity index is 779. The maximum absolute atomic E-state index is 12.3. The first-order valence-electron chi connectivity index (χ1n) is 7.90. The SMILES string of the molecule is Cc1ccccc1OCc1nc(S[C@@H](C)C(=O)N2CCNC2=O)n[nH]1. The Morgan fingerprint density at radius 3 is 2.96 bits per heavy atom. The lowest BCUT2D eigenvalue weighted by molar-refractivity contribution is -0.126. The molecule has 1 saturated heterocycles. The number of nitrogens with zero attached hydrogens (tertiary/aromatic N) is 3. The fraction of sp³-hybridized carbons (Fsp3) is 0.375. The van der Waals surface area contributed by atoms with Crippen LogP contribution in [-0.2, 0) is 11.4 Å². The maximum atomic E-state index is 12.3. The number of aromatic nitrogens is 3. The summed E-state index contributed by atoms with van der Waals surface area (Å²) < 4.78 is 5.71. The van der Waals surface area contributed by atoms with E-state index in [0.717, 1.165) is 11.3 Å². The van der Waals surface area contributed by atoms with Crippen LogP contribution in [0.5, 0.6) is 5.75 Å². The Hall–Kier alpha value is -2.55. The first kappa shape index (κ1) is 17.3. The standard InChI is InChI=1S/C16H19N5O3S/c1-10-5-3-4-6-12(10)24-9-13-18-15(20-19-13)25-11(2)14(22)21-8-7-17-16(21)23/h3-6,11H,7-9H2,1-2H3,(H,17,23)(H,18,19,20)/t11-/m0/s1. The molecule has 9 heteroatoms. The first-order valence-corrected chi connectivity index (χ1v) is 8.78. The molecule has 0 saturated carbocycles. The number of para-hydroxylation sites is 1. The summed E-state index contributed by atoms with van der Waals surface area (Å²) in [5.41, 5.74) is 1.04. The third-order valence-electron chi connectivity index (χ3n) is 3.72. The van der Waals surface area contributed by atoms with Crippen LogP contribution >= 0.6 is 11.8 Å². The number of ether oxygens (including phenoxy) is 1. The number of urea groups is 1. The van der Waals surface area contributed by atoms with Gasteiger partial charge < -0.3 is 10.1 Å². The number of H-pyrrole nitrogens is 1. The average Bonchev–Trinajstić information content (AvgIpc) is 3.22. The summed E-state index contributed by atoms with van der Waals surface area (Å²) in [6, 6.07) is 7.37. The number of benzene rings is 1. The highest BCUT2D eigenvalue weighted by Crippen LogP contribution is 2.22. The summed E-state index contributed by atoms with van der Waals surface area (Å²) in [5, 5.41) is 9.51. The fourth-order valence-corrected chi connectivity index (χ4v) is 3.17. The second-order valence-corrected chi connectivity index (χ2v) is 6.91. The molecule has 3 amide bonds. The van der Waals surface area contributed by atoms with E-state index in [4.69, 9.17) is 4.74 Å². The summed E-state index contributed by atoms with van der Waals surface area (Å²) in [5.74, 6) is 1.11. The van der Waals surface area contributed by atoms with Crippen molar-refractivity contribution in [2.45, 2.75) is 30.9 Å². The van der Waals surface area contributed by atoms with Gasteiger partial charge in [0.05, 0.1) is 5.25 Å². The smallest absolute Gasteiger partial charge is 0.324 e. The van der Waals surface area contributed by atoms with Crippen molar-refractivity contribution in [2.75, 3.05) is 13.1 Å². The Labute approximate surface area is 149 Å². The zero-order chi connectivity index (χ0) is 17.8. The van der Waals surface area contributed by atoms with Crippen LogP contribution in [0.15, 0.2) is 29.4 Å². The van der Waals surface area contributed by atoms with E-state index in [-0.39, 0.29) is 18.5 Å². The highest BCUT2D eigenvalue weighted by atomic mass is 32.2. The average molecular weight is 361 g/mol. The van der Waals surface area contributed by atoms with Crippen LogP contribution in [0.25, 0.3) is 0 Å². The van der Waals surface area contributed by atoms with Crippen LogP contribution in [0.3, 0.4) is 0 Å². The van der Waals surface area contributed by atoms with E-state index in [1.54, 1.807) is 6.92 Å². The number of carbonyl (C=O) groups excluding carboxylic acids is 2. The van der Waals surface area contributed by atoms with E-state index in [0.29, 0.717) is 24.1 Å². The molecule has 1 aliphatic heterocycles. The fourth-order valence-electron chi connectivity index (χ4n) is 2.37. The van der Waals surface area contributed by atoms with E-state index in [1.807, 2.05) is 31.2 Å². The van der Waals surface area contributed by atoms with Gasteiger partial charge in [0.25, 0.3) is 0 Å². The molecule has 0 radical (unpaired) electrons. The van der Waals surface area contributed by atoms with Crippen molar-refractivity contribution >= 4 is 23.7 Å². The second-order valence-electron chi connectivity index (χ2n) is 5.60. The van der Waals surface area contributed by atoms with E-state index in [2.05, 4.69) is 20.5 Å². The van der Waals surface area contributed by atoms with Gasteiger partial charge in [-0.3, -0.25) is 14.8 Å². The van der Waals surface area contributed by atoms with Gasteiger partial charge >= 0.3 is 6.03 Å². The molecule has 2 heterocycles. The van der Waals surface area contributed by atoms with Crippen molar-refractivity contribution in [2.24, 2.45) is 0 Å². The van der Waals surface area contributed by atoms with Gasteiger partial charge in [-0.25, -0.2) is 9.78 Å². The molecule has 1 fully saturated rings. The first-order chi connectivity index (χ1) is 12.0. The molecule has 0 bridgehead atoms. The van der Waals surface area contributed by atoms with Gasteiger partial charge in [0.15, 0.2) is 5.82 Å². The minimum Gasteiger partial charge on any atom is -0.485 e. The van der Waals surface area contributed by atoms with E-state index in [9.17, 15) is 9.59 Å². The molecule has 2 aromatic rings. The van der Waals surface area contributed by atoms with Crippen molar-refractivity contribution in [1.82, 2.24) is 25.4 Å². The summed E-state index contributed by atoms with van der Waals surface area (Å²) >= 11 is 1.21. The highest BCUT2D eigenvalue weighted by Gasteiger charge is 2.30. The number of aryl methyl sites for hydroxylation is 1. The number of hydrogen-bond acceptors (Lipinski definition) is 6. The maximum Gasteiger partial charge on any atom is 0.324 e. The second kappa shape index (κ2) is 7.56. The highest BCUT2D eigenvalue weighted by molar-refractivity contribution is 8.00. The van der Waals surface area contributed by atoms with Crippen molar-refractivity contribution in [3.8, 4) is 5.75 Å². The predicted molar refractivity (Wildman–Crippen MR) is 92.3 cm³/mol. The Kier molecular flexibility index (Phi) is 5.22. The number of rotatable bonds is 6. The molecule has 0 aliphatic carbocycles. The zero-order valence-electron chi connectivity index (χ0n) is 14.0. The summed E-state index contributed by atoms with van der Waals surface area (Å²) in [6.45, 7) is 4.85. The number of amides is 3. The van der Waals surface area contributed by atoms with Crippen LogP contribution in [-0.4, -0.2) is 50.4 Å². The minimum absolute atomic E-state index is 0.248. The van der Waals surface area contributed by atoms with Gasteiger partial charge in [0, 0.05) is 13.1 Å². The van der Waals surface area contributed by atoms with Gasteiger partial charge in [-0.15, -0.1) is 5.10 Å². The van der Waals surface area contributed by atoms with Gasteiger partial charge in [-0.1, -0.05) is 30.0 Å². The van der Waals surface area contributed by atoms with Gasteiger partial charge in [0.2, 0.25) is 11.1 Å². The predicted octanol–water partition coefficient (Wildman–Crippen LogP) is 1.72. The molecule has 0 unspecified atom stereocenters. The quantitative estimate of drug-likeness (QED) is 0.760. The number of nitrogens with one attached hydrogen (secondary N) is 2. The van der Waals surface area contributed by atoms with E-state index in [1.165, 1.54) is 16.7 Å². The lowest BCUT2D eigenvalue weighted by Crippen LogP contribution is -2.38. The van der Waals surface area contributed by atoms with Crippen molar-refractivity contribution < 1.29 is 14.3 Å². The molecule has 8 nitrogen and oxygen atoms in total. The van der Waals surface area contributed by atoms with Gasteiger partial charge in [0.1, 0.15) is 12.4 Å². The lowest BCUT2D eigenvalue weighted by atomic mass is 10.2. The number of hydrogen-bond donors (Lipinski definition) is 2. The molecule has 3 rings (SSSR count). The van der Waals surface area contributed by atoms with Crippen LogP contribution in [0, 0.1) is 6.92 Å². The molecule has 25 heavy (non-hydrogen) atoms. The van der Waals surface area contributed by atoms with Crippen LogP contribution in [0.2, 0.25) is 0 Å². The molecule has 132 valence electrons. The van der Waals surface area contributed by atoms with E-state index < -0.39 is 5.25 Å². The molecular weight excluding hydrogens is 342 g/mol. The Morgan fingerprint density at radius 1 is 1.44 bits per heavy atom. The van der Waals surface area contributed by atoms with Crippen molar-refractivity contribution in [1.29, 1.82) is 0 Å². The number of aromatic amines is 1. The third kappa shape index (κ3) is 4.11. The van der Waals surface area contributed by atoms with Gasteiger partial charge in [-0.2, -0.15) is 0 Å². The number of carbonyl (C=O) groups is 2. The largest absolute Gasteiger partial charge is 0.485 e. The molecular formula is C16H19N5O3S. The molecule has 1 aromatic carbocycles. The Balaban J connectivity index is 1.55. The van der Waals surface area contributed by atoms with Crippen LogP contribution in [0.1, 0.15) is 18.3 Å². The molecule has 2 N–H and O–H groups in total. The Morgan fingerprint density at radius 2 is 2.24 bits per heavy atom. The molecule has 1 atom stereocenters. The summed E-state index contributed by atoms with van der Waals surface area (Å²) in [4.78, 5) is 29.4. The normalized spacial score (nSPS) is 15.1. The van der Waals surface area contributed by atoms with Gasteiger partial charge in [-0.05, 0) is 25.5 Å². The third-order valence-corrected chi connectivity index (χ3v) is 4.67. The number of thioether (sulfide) groups is 1. The summed E-state index contributed by atoms with van der Waals surface area (Å²) in [6.07, 6.45) is 0.